The lowest BCUT2D eigenvalue weighted by Crippen LogP contribution is -2.23. The highest BCUT2D eigenvalue weighted by Gasteiger charge is 2.02. The number of aliphatic imine (C=N–C) groups is 1. The first-order valence-corrected chi connectivity index (χ1v) is 6.63. The summed E-state index contributed by atoms with van der Waals surface area (Å²) in [6, 6.07) is 18.1. The molecule has 20 heavy (non-hydrogen) atoms. The summed E-state index contributed by atoms with van der Waals surface area (Å²) in [5, 5.41) is 0. The van der Waals surface area contributed by atoms with Crippen molar-refractivity contribution in [1.29, 1.82) is 0 Å². The van der Waals surface area contributed by atoms with Crippen molar-refractivity contribution >= 4 is 17.1 Å². The lowest BCUT2D eigenvalue weighted by atomic mass is 10.2. The molecule has 2 aromatic carbocycles. The first kappa shape index (κ1) is 14.1. The molecule has 0 atom stereocenters. The van der Waals surface area contributed by atoms with E-state index in [1.54, 1.807) is 7.11 Å². The highest BCUT2D eigenvalue weighted by Crippen LogP contribution is 2.18. The van der Waals surface area contributed by atoms with Gasteiger partial charge in [0, 0.05) is 18.4 Å². The van der Waals surface area contributed by atoms with E-state index in [9.17, 15) is 0 Å². The molecular weight excluding hydrogens is 248 g/mol. The molecule has 0 bridgehead atoms. The Morgan fingerprint density at radius 1 is 1.05 bits per heavy atom. The number of methoxy groups -OCH3 is 1. The van der Waals surface area contributed by atoms with Gasteiger partial charge in [0.1, 0.15) is 5.75 Å². The Bertz CT molecular complexity index is 561. The van der Waals surface area contributed by atoms with Crippen LogP contribution in [0.25, 0.3) is 0 Å². The maximum atomic E-state index is 5.14. The van der Waals surface area contributed by atoms with Crippen LogP contribution in [0.2, 0.25) is 0 Å². The molecule has 2 aromatic rings. The third-order valence-corrected chi connectivity index (χ3v) is 3.06. The van der Waals surface area contributed by atoms with Crippen LogP contribution in [-0.2, 0) is 0 Å². The van der Waals surface area contributed by atoms with Crippen molar-refractivity contribution in [3.8, 4) is 5.75 Å². The summed E-state index contributed by atoms with van der Waals surface area (Å²) < 4.78 is 5.14. The standard InChI is InChI=1S/C17H20N2O/c1-14(13-19(2)16-7-5-4-6-8-16)18-15-9-11-17(20-3)12-10-15/h4-12H,13H2,1-3H3. The molecule has 0 aliphatic rings. The number of anilines is 1. The van der Waals surface area contributed by atoms with Crippen molar-refractivity contribution in [2.24, 2.45) is 4.99 Å². The Hall–Kier alpha value is -2.29. The van der Waals surface area contributed by atoms with Crippen molar-refractivity contribution in [3.63, 3.8) is 0 Å². The van der Waals surface area contributed by atoms with E-state index in [0.717, 1.165) is 23.7 Å². The number of nitrogens with zero attached hydrogens (tertiary/aromatic N) is 2. The summed E-state index contributed by atoms with van der Waals surface area (Å²) in [6.45, 7) is 2.85. The molecule has 0 aromatic heterocycles. The zero-order chi connectivity index (χ0) is 14.4. The third kappa shape index (κ3) is 3.85. The number of para-hydroxylation sites is 1. The largest absolute Gasteiger partial charge is 0.497 e. The van der Waals surface area contributed by atoms with Crippen LogP contribution in [0.3, 0.4) is 0 Å². The summed E-state index contributed by atoms with van der Waals surface area (Å²) in [4.78, 5) is 6.80. The van der Waals surface area contributed by atoms with Gasteiger partial charge in [0.15, 0.2) is 0 Å². The van der Waals surface area contributed by atoms with E-state index < -0.39 is 0 Å². The van der Waals surface area contributed by atoms with Crippen LogP contribution in [0.15, 0.2) is 59.6 Å². The quantitative estimate of drug-likeness (QED) is 0.768. The highest BCUT2D eigenvalue weighted by atomic mass is 16.5. The summed E-state index contributed by atoms with van der Waals surface area (Å²) in [5.41, 5.74) is 3.21. The Labute approximate surface area is 120 Å². The Balaban J connectivity index is 2.03. The number of hydrogen-bond donors (Lipinski definition) is 0. The van der Waals surface area contributed by atoms with Crippen LogP contribution in [0.1, 0.15) is 6.92 Å². The fourth-order valence-corrected chi connectivity index (χ4v) is 2.03. The normalized spacial score (nSPS) is 11.2. The van der Waals surface area contributed by atoms with E-state index in [1.807, 2.05) is 49.4 Å². The van der Waals surface area contributed by atoms with Gasteiger partial charge >= 0.3 is 0 Å². The molecule has 0 aliphatic carbocycles. The van der Waals surface area contributed by atoms with Gasteiger partial charge in [-0.25, -0.2) is 0 Å². The molecule has 104 valence electrons. The van der Waals surface area contributed by atoms with Crippen molar-refractivity contribution in [3.05, 3.63) is 54.6 Å². The minimum Gasteiger partial charge on any atom is -0.497 e. The Kier molecular flexibility index (Phi) is 4.77. The average molecular weight is 268 g/mol. The highest BCUT2D eigenvalue weighted by molar-refractivity contribution is 5.88. The third-order valence-electron chi connectivity index (χ3n) is 3.06. The summed E-state index contributed by atoms with van der Waals surface area (Å²) in [5.74, 6) is 0.850. The molecule has 3 heteroatoms. The second-order valence-corrected chi connectivity index (χ2v) is 4.74. The van der Waals surface area contributed by atoms with Crippen LogP contribution < -0.4 is 9.64 Å². The van der Waals surface area contributed by atoms with E-state index >= 15 is 0 Å². The van der Waals surface area contributed by atoms with Crippen LogP contribution in [0.5, 0.6) is 5.75 Å². The van der Waals surface area contributed by atoms with Crippen LogP contribution >= 0.6 is 0 Å². The van der Waals surface area contributed by atoms with Crippen molar-refractivity contribution < 1.29 is 4.74 Å². The molecule has 0 unspecified atom stereocenters. The number of ether oxygens (including phenoxy) is 1. The molecule has 0 aliphatic heterocycles. The lowest BCUT2D eigenvalue weighted by molar-refractivity contribution is 0.415. The molecule has 2 rings (SSSR count). The van der Waals surface area contributed by atoms with E-state index in [0.29, 0.717) is 0 Å². The topological polar surface area (TPSA) is 24.8 Å². The van der Waals surface area contributed by atoms with Gasteiger partial charge in [-0.1, -0.05) is 18.2 Å². The molecule has 0 amide bonds. The molecule has 3 nitrogen and oxygen atoms in total. The molecular formula is C17H20N2O. The second-order valence-electron chi connectivity index (χ2n) is 4.74. The molecule has 0 saturated carbocycles. The van der Waals surface area contributed by atoms with Gasteiger partial charge in [-0.15, -0.1) is 0 Å². The monoisotopic (exact) mass is 268 g/mol. The maximum Gasteiger partial charge on any atom is 0.119 e. The lowest BCUT2D eigenvalue weighted by Gasteiger charge is -2.18. The maximum absolute atomic E-state index is 5.14. The average Bonchev–Trinajstić information content (AvgIpc) is 2.49. The van der Waals surface area contributed by atoms with E-state index in [4.69, 9.17) is 4.74 Å². The number of benzene rings is 2. The minimum absolute atomic E-state index is 0.802. The first-order chi connectivity index (χ1) is 9.69. The van der Waals surface area contributed by atoms with Crippen LogP contribution in [-0.4, -0.2) is 26.4 Å². The van der Waals surface area contributed by atoms with Gasteiger partial charge in [0.25, 0.3) is 0 Å². The van der Waals surface area contributed by atoms with Crippen LogP contribution in [0, 0.1) is 0 Å². The SMILES string of the molecule is COc1ccc(N=C(C)CN(C)c2ccccc2)cc1. The Morgan fingerprint density at radius 2 is 1.70 bits per heavy atom. The number of hydrogen-bond acceptors (Lipinski definition) is 3. The minimum atomic E-state index is 0.802. The fraction of sp³-hybridized carbons (Fsp3) is 0.235. The molecule has 0 fully saturated rings. The number of rotatable bonds is 5. The van der Waals surface area contributed by atoms with Gasteiger partial charge in [-0.2, -0.15) is 0 Å². The van der Waals surface area contributed by atoms with Crippen molar-refractivity contribution in [1.82, 2.24) is 0 Å². The van der Waals surface area contributed by atoms with Gasteiger partial charge in [0.2, 0.25) is 0 Å². The first-order valence-electron chi connectivity index (χ1n) is 6.63. The van der Waals surface area contributed by atoms with E-state index in [2.05, 4.69) is 29.1 Å². The van der Waals surface area contributed by atoms with Crippen molar-refractivity contribution in [2.75, 3.05) is 25.6 Å². The van der Waals surface area contributed by atoms with E-state index in [-0.39, 0.29) is 0 Å². The predicted molar refractivity (Wildman–Crippen MR) is 85.5 cm³/mol. The summed E-state index contributed by atoms with van der Waals surface area (Å²) in [7, 11) is 3.74. The van der Waals surface area contributed by atoms with Crippen molar-refractivity contribution in [2.45, 2.75) is 6.92 Å². The van der Waals surface area contributed by atoms with Crippen LogP contribution in [0.4, 0.5) is 11.4 Å². The zero-order valence-electron chi connectivity index (χ0n) is 12.2. The molecule has 0 spiro atoms. The summed E-state index contributed by atoms with van der Waals surface area (Å²) in [6.07, 6.45) is 0. The Morgan fingerprint density at radius 3 is 2.30 bits per heavy atom. The van der Waals surface area contributed by atoms with Gasteiger partial charge < -0.3 is 9.64 Å². The predicted octanol–water partition coefficient (Wildman–Crippen LogP) is 3.92. The smallest absolute Gasteiger partial charge is 0.119 e. The molecule has 0 N–H and O–H groups in total. The molecule has 0 radical (unpaired) electrons. The van der Waals surface area contributed by atoms with E-state index in [1.165, 1.54) is 5.69 Å². The van der Waals surface area contributed by atoms with Gasteiger partial charge in [0.05, 0.1) is 19.3 Å². The molecule has 0 heterocycles. The van der Waals surface area contributed by atoms with Gasteiger partial charge in [-0.05, 0) is 43.3 Å². The zero-order valence-corrected chi connectivity index (χ0v) is 12.2. The molecule has 0 saturated heterocycles. The summed E-state index contributed by atoms with van der Waals surface area (Å²) >= 11 is 0. The van der Waals surface area contributed by atoms with Gasteiger partial charge in [-0.3, -0.25) is 4.99 Å². The fourth-order valence-electron chi connectivity index (χ4n) is 2.03. The second kappa shape index (κ2) is 6.75.